The summed E-state index contributed by atoms with van der Waals surface area (Å²) in [4.78, 5) is 20.2. The van der Waals surface area contributed by atoms with E-state index in [0.717, 1.165) is 5.69 Å². The van der Waals surface area contributed by atoms with Crippen molar-refractivity contribution in [1.82, 2.24) is 14.5 Å². The van der Waals surface area contributed by atoms with Gasteiger partial charge in [-0.2, -0.15) is 0 Å². The molecular weight excluding hydrogens is 284 g/mol. The molecule has 2 rings (SSSR count). The van der Waals surface area contributed by atoms with E-state index in [1.807, 2.05) is 12.1 Å². The van der Waals surface area contributed by atoms with E-state index in [2.05, 4.69) is 25.9 Å². The number of nitrogens with zero attached hydrogens (tertiary/aromatic N) is 3. The number of halogens is 1. The first-order valence-corrected chi connectivity index (χ1v) is 5.80. The number of nitrogen functional groups attached to an aromatic ring is 1. The summed E-state index contributed by atoms with van der Waals surface area (Å²) < 4.78 is 1.98. The highest BCUT2D eigenvalue weighted by Gasteiger charge is 2.06. The van der Waals surface area contributed by atoms with Crippen LogP contribution in [0.3, 0.4) is 0 Å². The van der Waals surface area contributed by atoms with Crippen molar-refractivity contribution in [1.29, 1.82) is 0 Å². The first kappa shape index (κ1) is 11.8. The van der Waals surface area contributed by atoms with Gasteiger partial charge in [-0.1, -0.05) is 6.07 Å². The molecule has 2 aromatic rings. The predicted octanol–water partition coefficient (Wildman–Crippen LogP) is 1.34. The van der Waals surface area contributed by atoms with Crippen LogP contribution in [0.5, 0.6) is 0 Å². The van der Waals surface area contributed by atoms with Gasteiger partial charge in [0.1, 0.15) is 16.1 Å². The summed E-state index contributed by atoms with van der Waals surface area (Å²) in [7, 11) is 0. The SMILES string of the molecule is Cc1ncc(Br)c(=O)n1Cc1cccc(N)n1. The Hall–Kier alpha value is -1.69. The summed E-state index contributed by atoms with van der Waals surface area (Å²) in [5.41, 5.74) is 6.20. The van der Waals surface area contributed by atoms with E-state index in [4.69, 9.17) is 5.73 Å². The molecule has 88 valence electrons. The van der Waals surface area contributed by atoms with Gasteiger partial charge < -0.3 is 5.73 Å². The van der Waals surface area contributed by atoms with Gasteiger partial charge in [0, 0.05) is 6.20 Å². The first-order chi connectivity index (χ1) is 8.08. The molecule has 0 fully saturated rings. The molecule has 0 aliphatic rings. The molecule has 0 aliphatic heterocycles. The number of nitrogens with two attached hydrogens (primary N) is 1. The summed E-state index contributed by atoms with van der Waals surface area (Å²) >= 11 is 3.17. The normalized spacial score (nSPS) is 10.5. The zero-order chi connectivity index (χ0) is 12.4. The molecule has 0 saturated heterocycles. The van der Waals surface area contributed by atoms with Gasteiger partial charge >= 0.3 is 0 Å². The third kappa shape index (κ3) is 2.52. The molecule has 2 aromatic heterocycles. The van der Waals surface area contributed by atoms with Gasteiger partial charge in [0.05, 0.1) is 12.2 Å². The molecule has 2 heterocycles. The van der Waals surface area contributed by atoms with E-state index in [1.165, 1.54) is 6.20 Å². The molecule has 5 nitrogen and oxygen atoms in total. The van der Waals surface area contributed by atoms with Crippen LogP contribution >= 0.6 is 15.9 Å². The van der Waals surface area contributed by atoms with Gasteiger partial charge in [0.25, 0.3) is 5.56 Å². The zero-order valence-electron chi connectivity index (χ0n) is 9.22. The van der Waals surface area contributed by atoms with E-state index < -0.39 is 0 Å². The molecule has 0 saturated carbocycles. The number of hydrogen-bond donors (Lipinski definition) is 1. The highest BCUT2D eigenvalue weighted by molar-refractivity contribution is 9.10. The Balaban J connectivity index is 2.43. The number of aromatic nitrogens is 3. The summed E-state index contributed by atoms with van der Waals surface area (Å²) in [5, 5.41) is 0. The zero-order valence-corrected chi connectivity index (χ0v) is 10.8. The first-order valence-electron chi connectivity index (χ1n) is 5.01. The molecule has 0 unspecified atom stereocenters. The van der Waals surface area contributed by atoms with Crippen molar-refractivity contribution in [3.63, 3.8) is 0 Å². The molecular formula is C11H11BrN4O. The van der Waals surface area contributed by atoms with Crippen molar-refractivity contribution in [3.05, 3.63) is 50.7 Å². The van der Waals surface area contributed by atoms with Crippen LogP contribution in [-0.4, -0.2) is 14.5 Å². The van der Waals surface area contributed by atoms with Crippen LogP contribution in [0.15, 0.2) is 33.7 Å². The maximum Gasteiger partial charge on any atom is 0.268 e. The molecule has 0 spiro atoms. The number of aryl methyl sites for hydroxylation is 1. The summed E-state index contributed by atoms with van der Waals surface area (Å²) in [6.45, 7) is 2.14. The van der Waals surface area contributed by atoms with Gasteiger partial charge in [-0.15, -0.1) is 0 Å². The molecule has 0 radical (unpaired) electrons. The van der Waals surface area contributed by atoms with E-state index >= 15 is 0 Å². The summed E-state index contributed by atoms with van der Waals surface area (Å²) in [6.07, 6.45) is 1.50. The van der Waals surface area contributed by atoms with Crippen molar-refractivity contribution in [3.8, 4) is 0 Å². The molecule has 0 atom stereocenters. The second-order valence-corrected chi connectivity index (χ2v) is 4.45. The average Bonchev–Trinajstić information content (AvgIpc) is 2.30. The Bertz CT molecular complexity index is 609. The molecule has 0 amide bonds. The highest BCUT2D eigenvalue weighted by atomic mass is 79.9. The van der Waals surface area contributed by atoms with Crippen molar-refractivity contribution < 1.29 is 0 Å². The fourth-order valence-electron chi connectivity index (χ4n) is 1.49. The average molecular weight is 295 g/mol. The summed E-state index contributed by atoms with van der Waals surface area (Å²) in [5.74, 6) is 1.08. The Morgan fingerprint density at radius 1 is 1.47 bits per heavy atom. The molecule has 0 aliphatic carbocycles. The number of anilines is 1. The van der Waals surface area contributed by atoms with Crippen molar-refractivity contribution in [2.45, 2.75) is 13.5 Å². The molecule has 6 heteroatoms. The Labute approximate surface area is 106 Å². The van der Waals surface area contributed by atoms with E-state index in [9.17, 15) is 4.79 Å². The third-order valence-electron chi connectivity index (χ3n) is 2.35. The maximum absolute atomic E-state index is 11.9. The fraction of sp³-hybridized carbons (Fsp3) is 0.182. The van der Waals surface area contributed by atoms with Crippen LogP contribution in [0, 0.1) is 6.92 Å². The minimum atomic E-state index is -0.123. The lowest BCUT2D eigenvalue weighted by molar-refractivity contribution is 0.682. The Kier molecular flexibility index (Phi) is 3.23. The molecule has 17 heavy (non-hydrogen) atoms. The minimum absolute atomic E-state index is 0.123. The van der Waals surface area contributed by atoms with Crippen LogP contribution in [0.2, 0.25) is 0 Å². The van der Waals surface area contributed by atoms with E-state index in [1.54, 1.807) is 17.6 Å². The fourth-order valence-corrected chi connectivity index (χ4v) is 1.80. The van der Waals surface area contributed by atoms with Gasteiger partial charge in [-0.05, 0) is 35.0 Å². The predicted molar refractivity (Wildman–Crippen MR) is 68.7 cm³/mol. The third-order valence-corrected chi connectivity index (χ3v) is 2.90. The van der Waals surface area contributed by atoms with Crippen LogP contribution in [0.1, 0.15) is 11.5 Å². The topological polar surface area (TPSA) is 73.8 Å². The van der Waals surface area contributed by atoms with E-state index in [-0.39, 0.29) is 5.56 Å². The quantitative estimate of drug-likeness (QED) is 0.907. The van der Waals surface area contributed by atoms with Gasteiger partial charge in [0.2, 0.25) is 0 Å². The minimum Gasteiger partial charge on any atom is -0.384 e. The highest BCUT2D eigenvalue weighted by Crippen LogP contribution is 2.05. The number of rotatable bonds is 2. The largest absolute Gasteiger partial charge is 0.384 e. The molecule has 2 N–H and O–H groups in total. The monoisotopic (exact) mass is 294 g/mol. The van der Waals surface area contributed by atoms with Gasteiger partial charge in [-0.25, -0.2) is 9.97 Å². The Morgan fingerprint density at radius 3 is 2.94 bits per heavy atom. The lowest BCUT2D eigenvalue weighted by atomic mass is 10.3. The van der Waals surface area contributed by atoms with Crippen LogP contribution < -0.4 is 11.3 Å². The smallest absolute Gasteiger partial charge is 0.268 e. The molecule has 0 bridgehead atoms. The number of pyridine rings is 1. The standard InChI is InChI=1S/C11H11BrN4O/c1-7-14-5-9(12)11(17)16(7)6-8-3-2-4-10(13)15-8/h2-5H,6H2,1H3,(H2,13,15). The number of hydrogen-bond acceptors (Lipinski definition) is 4. The lowest BCUT2D eigenvalue weighted by Crippen LogP contribution is -2.25. The van der Waals surface area contributed by atoms with Crippen molar-refractivity contribution in [2.24, 2.45) is 0 Å². The van der Waals surface area contributed by atoms with Crippen LogP contribution in [-0.2, 0) is 6.54 Å². The van der Waals surface area contributed by atoms with Gasteiger partial charge in [-0.3, -0.25) is 9.36 Å². The van der Waals surface area contributed by atoms with Gasteiger partial charge in [0.15, 0.2) is 0 Å². The lowest BCUT2D eigenvalue weighted by Gasteiger charge is -2.09. The van der Waals surface area contributed by atoms with Crippen LogP contribution in [0.25, 0.3) is 0 Å². The molecule has 0 aromatic carbocycles. The van der Waals surface area contributed by atoms with Crippen molar-refractivity contribution in [2.75, 3.05) is 5.73 Å². The van der Waals surface area contributed by atoms with Crippen molar-refractivity contribution >= 4 is 21.7 Å². The second kappa shape index (κ2) is 4.67. The van der Waals surface area contributed by atoms with E-state index in [0.29, 0.717) is 22.7 Å². The second-order valence-electron chi connectivity index (χ2n) is 3.60. The maximum atomic E-state index is 11.9. The Morgan fingerprint density at radius 2 is 2.24 bits per heavy atom. The summed E-state index contributed by atoms with van der Waals surface area (Å²) in [6, 6.07) is 5.34. The van der Waals surface area contributed by atoms with Crippen LogP contribution in [0.4, 0.5) is 5.82 Å².